The number of rotatable bonds is 5. The summed E-state index contributed by atoms with van der Waals surface area (Å²) in [6.45, 7) is 3.85. The summed E-state index contributed by atoms with van der Waals surface area (Å²) >= 11 is 0. The molecule has 1 aliphatic heterocycles. The van der Waals surface area contributed by atoms with Crippen molar-refractivity contribution in [2.75, 3.05) is 5.32 Å². The van der Waals surface area contributed by atoms with E-state index >= 15 is 0 Å². The molecule has 1 saturated heterocycles. The predicted molar refractivity (Wildman–Crippen MR) is 103 cm³/mol. The molecule has 0 unspecified atom stereocenters. The van der Waals surface area contributed by atoms with Crippen LogP contribution in [0.2, 0.25) is 0 Å². The Morgan fingerprint density at radius 2 is 1.70 bits per heavy atom. The Morgan fingerprint density at radius 1 is 1.04 bits per heavy atom. The van der Waals surface area contributed by atoms with Gasteiger partial charge < -0.3 is 16.0 Å². The van der Waals surface area contributed by atoms with Crippen molar-refractivity contribution in [3.8, 4) is 0 Å². The molecule has 2 atom stereocenters. The zero-order valence-electron chi connectivity index (χ0n) is 15.4. The summed E-state index contributed by atoms with van der Waals surface area (Å²) < 4.78 is 0. The molecule has 1 fully saturated rings. The molecular weight excluding hydrogens is 342 g/mol. The molecule has 2 aromatic carbocycles. The number of hydrogen-bond donors (Lipinski definition) is 3. The van der Waals surface area contributed by atoms with Crippen molar-refractivity contribution < 1.29 is 14.4 Å². The zero-order valence-corrected chi connectivity index (χ0v) is 15.4. The van der Waals surface area contributed by atoms with Gasteiger partial charge in [0, 0.05) is 12.1 Å². The first-order valence-corrected chi connectivity index (χ1v) is 8.97. The fraction of sp³-hybridized carbons (Fsp3) is 0.286. The van der Waals surface area contributed by atoms with E-state index in [2.05, 4.69) is 16.0 Å². The molecule has 140 valence electrons. The highest BCUT2D eigenvalue weighted by molar-refractivity contribution is 6.00. The number of amides is 3. The van der Waals surface area contributed by atoms with Crippen LogP contribution in [0.5, 0.6) is 0 Å². The van der Waals surface area contributed by atoms with Crippen LogP contribution in [0, 0.1) is 13.8 Å². The van der Waals surface area contributed by atoms with Gasteiger partial charge in [-0.05, 0) is 37.0 Å². The van der Waals surface area contributed by atoms with E-state index < -0.39 is 12.1 Å². The third kappa shape index (κ3) is 4.34. The Morgan fingerprint density at radius 3 is 2.30 bits per heavy atom. The number of anilines is 1. The molecule has 6 heteroatoms. The second-order valence-electron chi connectivity index (χ2n) is 6.77. The van der Waals surface area contributed by atoms with E-state index in [1.165, 1.54) is 0 Å². The van der Waals surface area contributed by atoms with Crippen LogP contribution in [-0.2, 0) is 14.4 Å². The van der Waals surface area contributed by atoms with Gasteiger partial charge in [-0.2, -0.15) is 0 Å². The summed E-state index contributed by atoms with van der Waals surface area (Å²) in [5.74, 6) is -0.825. The molecule has 3 amide bonds. The number of carbonyl (C=O) groups is 3. The predicted octanol–water partition coefficient (Wildman–Crippen LogP) is 2.38. The number of aryl methyl sites for hydroxylation is 2. The van der Waals surface area contributed by atoms with E-state index in [0.29, 0.717) is 18.4 Å². The molecule has 1 aliphatic rings. The molecule has 0 aliphatic carbocycles. The minimum Gasteiger partial charge on any atom is -0.344 e. The van der Waals surface area contributed by atoms with Gasteiger partial charge in [0.05, 0.1) is 0 Å². The van der Waals surface area contributed by atoms with Crippen LogP contribution in [0.15, 0.2) is 48.5 Å². The maximum Gasteiger partial charge on any atom is 0.251 e. The highest BCUT2D eigenvalue weighted by Crippen LogP contribution is 2.22. The lowest BCUT2D eigenvalue weighted by Gasteiger charge is -2.22. The summed E-state index contributed by atoms with van der Waals surface area (Å²) in [5.41, 5.74) is 3.32. The van der Waals surface area contributed by atoms with Crippen molar-refractivity contribution in [1.82, 2.24) is 10.6 Å². The van der Waals surface area contributed by atoms with E-state index in [9.17, 15) is 14.4 Å². The molecule has 6 nitrogen and oxygen atoms in total. The Balaban J connectivity index is 1.82. The molecular formula is C21H23N3O3. The highest BCUT2D eigenvalue weighted by Gasteiger charge is 2.31. The Bertz CT molecular complexity index is 844. The van der Waals surface area contributed by atoms with Crippen molar-refractivity contribution in [1.29, 1.82) is 0 Å². The standard InChI is InChI=1S/C21H23N3O3/c1-13-7-6-8-14(2)18(13)23-21(27)19(15-9-4-3-5-10-15)24-20(26)16-11-12-17(25)22-16/h3-10,16,19H,11-12H2,1-2H3,(H,22,25)(H,23,27)(H,24,26)/t16-,19-/m0/s1. The van der Waals surface area contributed by atoms with Gasteiger partial charge >= 0.3 is 0 Å². The molecule has 0 saturated carbocycles. The Kier molecular flexibility index (Phi) is 5.54. The van der Waals surface area contributed by atoms with Gasteiger partial charge in [-0.3, -0.25) is 14.4 Å². The maximum atomic E-state index is 13.0. The number of nitrogens with one attached hydrogen (secondary N) is 3. The molecule has 0 radical (unpaired) electrons. The monoisotopic (exact) mass is 365 g/mol. The van der Waals surface area contributed by atoms with Crippen molar-refractivity contribution >= 4 is 23.4 Å². The number of benzene rings is 2. The van der Waals surface area contributed by atoms with Crippen LogP contribution < -0.4 is 16.0 Å². The molecule has 0 spiro atoms. The van der Waals surface area contributed by atoms with Crippen LogP contribution in [0.25, 0.3) is 0 Å². The average molecular weight is 365 g/mol. The van der Waals surface area contributed by atoms with E-state index in [1.54, 1.807) is 12.1 Å². The zero-order chi connectivity index (χ0) is 19.4. The second-order valence-corrected chi connectivity index (χ2v) is 6.77. The topological polar surface area (TPSA) is 87.3 Å². The molecule has 0 bridgehead atoms. The van der Waals surface area contributed by atoms with Crippen LogP contribution in [0.3, 0.4) is 0 Å². The minimum atomic E-state index is -0.852. The van der Waals surface area contributed by atoms with Gasteiger partial charge in [-0.25, -0.2) is 0 Å². The number of hydrogen-bond acceptors (Lipinski definition) is 3. The van der Waals surface area contributed by atoms with Crippen molar-refractivity contribution in [3.63, 3.8) is 0 Å². The highest BCUT2D eigenvalue weighted by atomic mass is 16.2. The van der Waals surface area contributed by atoms with Gasteiger partial charge in [0.1, 0.15) is 12.1 Å². The third-order valence-electron chi connectivity index (χ3n) is 4.72. The lowest BCUT2D eigenvalue weighted by molar-refractivity contribution is -0.128. The third-order valence-corrected chi connectivity index (χ3v) is 4.72. The van der Waals surface area contributed by atoms with Gasteiger partial charge in [0.25, 0.3) is 5.91 Å². The normalized spacial score (nSPS) is 17.1. The smallest absolute Gasteiger partial charge is 0.251 e. The van der Waals surface area contributed by atoms with Crippen LogP contribution in [0.4, 0.5) is 5.69 Å². The molecule has 27 heavy (non-hydrogen) atoms. The summed E-state index contributed by atoms with van der Waals surface area (Å²) in [7, 11) is 0. The molecule has 1 heterocycles. The average Bonchev–Trinajstić information content (AvgIpc) is 3.10. The van der Waals surface area contributed by atoms with E-state index in [0.717, 1.165) is 16.8 Å². The summed E-state index contributed by atoms with van der Waals surface area (Å²) in [5, 5.41) is 8.36. The first kappa shape index (κ1) is 18.6. The fourth-order valence-corrected chi connectivity index (χ4v) is 3.21. The summed E-state index contributed by atoms with van der Waals surface area (Å²) in [4.78, 5) is 37.0. The molecule has 3 N–H and O–H groups in total. The van der Waals surface area contributed by atoms with Crippen molar-refractivity contribution in [3.05, 3.63) is 65.2 Å². The SMILES string of the molecule is Cc1cccc(C)c1NC(=O)[C@@H](NC(=O)[C@@H]1CCC(=O)N1)c1ccccc1. The summed E-state index contributed by atoms with van der Waals surface area (Å²) in [6, 6.07) is 13.4. The van der Waals surface area contributed by atoms with Gasteiger partial charge in [-0.1, -0.05) is 48.5 Å². The van der Waals surface area contributed by atoms with Gasteiger partial charge in [0.2, 0.25) is 11.8 Å². The Hall–Kier alpha value is -3.15. The first-order chi connectivity index (χ1) is 13.0. The fourth-order valence-electron chi connectivity index (χ4n) is 3.21. The second kappa shape index (κ2) is 8.03. The van der Waals surface area contributed by atoms with Crippen molar-refractivity contribution in [2.45, 2.75) is 38.8 Å². The van der Waals surface area contributed by atoms with Gasteiger partial charge in [-0.15, -0.1) is 0 Å². The quantitative estimate of drug-likeness (QED) is 0.760. The van der Waals surface area contributed by atoms with Crippen LogP contribution in [0.1, 0.15) is 35.6 Å². The molecule has 3 rings (SSSR count). The molecule has 2 aromatic rings. The van der Waals surface area contributed by atoms with Crippen LogP contribution >= 0.6 is 0 Å². The maximum absolute atomic E-state index is 13.0. The van der Waals surface area contributed by atoms with Gasteiger partial charge in [0.15, 0.2) is 0 Å². The lowest BCUT2D eigenvalue weighted by Crippen LogP contribution is -2.46. The lowest BCUT2D eigenvalue weighted by atomic mass is 10.0. The van der Waals surface area contributed by atoms with E-state index in [1.807, 2.05) is 50.2 Å². The van der Waals surface area contributed by atoms with E-state index in [4.69, 9.17) is 0 Å². The minimum absolute atomic E-state index is 0.147. The largest absolute Gasteiger partial charge is 0.344 e. The summed E-state index contributed by atoms with van der Waals surface area (Å²) in [6.07, 6.45) is 0.757. The van der Waals surface area contributed by atoms with E-state index in [-0.39, 0.29) is 17.7 Å². The van der Waals surface area contributed by atoms with Crippen molar-refractivity contribution in [2.24, 2.45) is 0 Å². The number of para-hydroxylation sites is 1. The number of carbonyl (C=O) groups excluding carboxylic acids is 3. The molecule has 0 aromatic heterocycles. The first-order valence-electron chi connectivity index (χ1n) is 8.97. The Labute approximate surface area is 158 Å². The van der Waals surface area contributed by atoms with Crippen LogP contribution in [-0.4, -0.2) is 23.8 Å².